The zero-order chi connectivity index (χ0) is 16.8. The Kier molecular flexibility index (Phi) is 5.70. The minimum Gasteiger partial charge on any atom is -0.383 e. The van der Waals surface area contributed by atoms with Gasteiger partial charge in [-0.1, -0.05) is 12.1 Å². The number of ether oxygens (including phenoxy) is 1. The van der Waals surface area contributed by atoms with Crippen molar-refractivity contribution in [2.24, 2.45) is 0 Å². The molecule has 23 heavy (non-hydrogen) atoms. The summed E-state index contributed by atoms with van der Waals surface area (Å²) in [6.07, 6.45) is 0. The molecule has 0 radical (unpaired) electrons. The molecule has 0 fully saturated rings. The van der Waals surface area contributed by atoms with Gasteiger partial charge >= 0.3 is 6.03 Å². The van der Waals surface area contributed by atoms with Crippen molar-refractivity contribution in [1.82, 2.24) is 20.2 Å². The molecule has 0 spiro atoms. The van der Waals surface area contributed by atoms with Crippen molar-refractivity contribution in [2.75, 3.05) is 20.3 Å². The number of fused-ring (bicyclic) bond motifs is 1. The van der Waals surface area contributed by atoms with Gasteiger partial charge in [0.25, 0.3) is 5.56 Å². The highest BCUT2D eigenvalue weighted by atomic mass is 16.5. The number of para-hydroxylation sites is 1. The van der Waals surface area contributed by atoms with E-state index in [1.165, 1.54) is 0 Å². The van der Waals surface area contributed by atoms with Crippen molar-refractivity contribution in [3.05, 3.63) is 40.4 Å². The summed E-state index contributed by atoms with van der Waals surface area (Å²) < 4.78 is 5.01. The number of amides is 2. The molecule has 7 heteroatoms. The number of rotatable bonds is 6. The van der Waals surface area contributed by atoms with Gasteiger partial charge in [-0.25, -0.2) is 9.78 Å². The molecule has 0 aliphatic heterocycles. The lowest BCUT2D eigenvalue weighted by Crippen LogP contribution is -2.45. The van der Waals surface area contributed by atoms with Crippen molar-refractivity contribution < 1.29 is 9.53 Å². The molecule has 0 saturated carbocycles. The second kappa shape index (κ2) is 7.73. The highest BCUT2D eigenvalue weighted by Gasteiger charge is 2.16. The second-order valence-electron chi connectivity index (χ2n) is 5.35. The van der Waals surface area contributed by atoms with Crippen LogP contribution in [0.5, 0.6) is 0 Å². The van der Waals surface area contributed by atoms with E-state index in [0.29, 0.717) is 29.9 Å². The lowest BCUT2D eigenvalue weighted by molar-refractivity contribution is 0.158. The van der Waals surface area contributed by atoms with Gasteiger partial charge in [0.1, 0.15) is 5.82 Å². The average Bonchev–Trinajstić information content (AvgIpc) is 2.52. The van der Waals surface area contributed by atoms with Crippen LogP contribution < -0.4 is 10.9 Å². The number of urea groups is 1. The Morgan fingerprint density at radius 1 is 1.43 bits per heavy atom. The van der Waals surface area contributed by atoms with Gasteiger partial charge in [-0.3, -0.25) is 4.79 Å². The largest absolute Gasteiger partial charge is 0.383 e. The highest BCUT2D eigenvalue weighted by molar-refractivity contribution is 5.77. The number of benzene rings is 1. The lowest BCUT2D eigenvalue weighted by atomic mass is 10.2. The molecule has 2 N–H and O–H groups in total. The molecule has 124 valence electrons. The number of hydrogen-bond donors (Lipinski definition) is 2. The van der Waals surface area contributed by atoms with Crippen LogP contribution in [0.1, 0.15) is 19.7 Å². The molecule has 1 aromatic carbocycles. The van der Waals surface area contributed by atoms with Gasteiger partial charge in [0.05, 0.1) is 30.1 Å². The Bertz CT molecular complexity index is 729. The summed E-state index contributed by atoms with van der Waals surface area (Å²) in [5.74, 6) is 0.463. The Balaban J connectivity index is 2.15. The summed E-state index contributed by atoms with van der Waals surface area (Å²) in [5.41, 5.74) is 0.422. The van der Waals surface area contributed by atoms with E-state index in [1.807, 2.05) is 19.9 Å². The third-order valence-electron chi connectivity index (χ3n) is 3.46. The predicted molar refractivity (Wildman–Crippen MR) is 88.3 cm³/mol. The number of nitrogens with zero attached hydrogens (tertiary/aromatic N) is 2. The van der Waals surface area contributed by atoms with Crippen LogP contribution in [0.15, 0.2) is 29.1 Å². The van der Waals surface area contributed by atoms with E-state index < -0.39 is 0 Å². The van der Waals surface area contributed by atoms with Crippen LogP contribution in [0.4, 0.5) is 4.79 Å². The standard InChI is InChI=1S/C16H22N4O3/c1-4-20(16(22)17-11(2)10-23-3)9-14-18-13-8-6-5-7-12(13)15(21)19-14/h5-8,11H,4,9-10H2,1-3H3,(H,17,22)(H,18,19,21). The number of aromatic nitrogens is 2. The van der Waals surface area contributed by atoms with Crippen molar-refractivity contribution in [2.45, 2.75) is 26.4 Å². The first-order valence-corrected chi connectivity index (χ1v) is 7.57. The van der Waals surface area contributed by atoms with Crippen molar-refractivity contribution in [3.8, 4) is 0 Å². The predicted octanol–water partition coefficient (Wildman–Crippen LogP) is 1.49. The van der Waals surface area contributed by atoms with Gasteiger partial charge in [0.15, 0.2) is 0 Å². The third kappa shape index (κ3) is 4.29. The Hall–Kier alpha value is -2.41. The van der Waals surface area contributed by atoms with E-state index in [9.17, 15) is 9.59 Å². The number of aromatic amines is 1. The molecular weight excluding hydrogens is 296 g/mol. The molecule has 0 aliphatic rings. The summed E-state index contributed by atoms with van der Waals surface area (Å²) >= 11 is 0. The van der Waals surface area contributed by atoms with Crippen molar-refractivity contribution in [3.63, 3.8) is 0 Å². The maximum absolute atomic E-state index is 12.3. The number of H-pyrrole nitrogens is 1. The van der Waals surface area contributed by atoms with Gasteiger partial charge in [-0.05, 0) is 26.0 Å². The number of hydrogen-bond acceptors (Lipinski definition) is 4. The summed E-state index contributed by atoms with van der Waals surface area (Å²) in [4.78, 5) is 33.1. The molecule has 0 saturated heterocycles. The molecule has 2 amide bonds. The molecular formula is C16H22N4O3. The zero-order valence-corrected chi connectivity index (χ0v) is 13.6. The van der Waals surface area contributed by atoms with E-state index >= 15 is 0 Å². The fraction of sp³-hybridized carbons (Fsp3) is 0.438. The quantitative estimate of drug-likeness (QED) is 0.845. The van der Waals surface area contributed by atoms with E-state index in [1.54, 1.807) is 30.2 Å². The lowest BCUT2D eigenvalue weighted by Gasteiger charge is -2.23. The Morgan fingerprint density at radius 3 is 2.87 bits per heavy atom. The van der Waals surface area contributed by atoms with E-state index in [-0.39, 0.29) is 24.2 Å². The average molecular weight is 318 g/mol. The molecule has 7 nitrogen and oxygen atoms in total. The zero-order valence-electron chi connectivity index (χ0n) is 13.6. The van der Waals surface area contributed by atoms with Crippen molar-refractivity contribution >= 4 is 16.9 Å². The molecule has 1 aromatic heterocycles. The van der Waals surface area contributed by atoms with Crippen LogP contribution in [-0.4, -0.2) is 47.2 Å². The summed E-state index contributed by atoms with van der Waals surface area (Å²) in [5, 5.41) is 3.39. The number of carbonyl (C=O) groups excluding carboxylic acids is 1. The smallest absolute Gasteiger partial charge is 0.318 e. The fourth-order valence-electron chi connectivity index (χ4n) is 2.31. The number of carbonyl (C=O) groups is 1. The van der Waals surface area contributed by atoms with E-state index in [4.69, 9.17) is 4.74 Å². The molecule has 1 atom stereocenters. The minimum absolute atomic E-state index is 0.0924. The first kappa shape index (κ1) is 17.0. The van der Waals surface area contributed by atoms with Gasteiger partial charge < -0.3 is 19.9 Å². The van der Waals surface area contributed by atoms with Gasteiger partial charge in [0, 0.05) is 13.7 Å². The van der Waals surface area contributed by atoms with Crippen LogP contribution in [0, 0.1) is 0 Å². The fourth-order valence-corrected chi connectivity index (χ4v) is 2.31. The summed E-state index contributed by atoms with van der Waals surface area (Å²) in [6.45, 7) is 4.92. The normalized spacial score (nSPS) is 12.1. The maximum atomic E-state index is 12.3. The molecule has 2 aromatic rings. The van der Waals surface area contributed by atoms with Crippen LogP contribution in [0.25, 0.3) is 10.9 Å². The minimum atomic E-state index is -0.215. The third-order valence-corrected chi connectivity index (χ3v) is 3.46. The highest BCUT2D eigenvalue weighted by Crippen LogP contribution is 2.07. The van der Waals surface area contributed by atoms with Crippen LogP contribution in [-0.2, 0) is 11.3 Å². The van der Waals surface area contributed by atoms with E-state index in [2.05, 4.69) is 15.3 Å². The first-order chi connectivity index (χ1) is 11.0. The SMILES string of the molecule is CCN(Cc1nc2ccccc2c(=O)[nH]1)C(=O)NC(C)COC. The topological polar surface area (TPSA) is 87.3 Å². The maximum Gasteiger partial charge on any atom is 0.318 e. The molecule has 1 heterocycles. The van der Waals surface area contributed by atoms with Crippen LogP contribution in [0.2, 0.25) is 0 Å². The molecule has 0 bridgehead atoms. The number of nitrogens with one attached hydrogen (secondary N) is 2. The summed E-state index contributed by atoms with van der Waals surface area (Å²) in [6, 6.07) is 6.82. The molecule has 0 aliphatic carbocycles. The second-order valence-corrected chi connectivity index (χ2v) is 5.35. The summed E-state index contributed by atoms with van der Waals surface area (Å²) in [7, 11) is 1.59. The Labute approximate surface area is 134 Å². The van der Waals surface area contributed by atoms with Crippen LogP contribution >= 0.6 is 0 Å². The van der Waals surface area contributed by atoms with Crippen LogP contribution in [0.3, 0.4) is 0 Å². The van der Waals surface area contributed by atoms with E-state index in [0.717, 1.165) is 0 Å². The number of methoxy groups -OCH3 is 1. The van der Waals surface area contributed by atoms with Gasteiger partial charge in [-0.15, -0.1) is 0 Å². The monoisotopic (exact) mass is 318 g/mol. The van der Waals surface area contributed by atoms with Gasteiger partial charge in [-0.2, -0.15) is 0 Å². The first-order valence-electron chi connectivity index (χ1n) is 7.57. The van der Waals surface area contributed by atoms with Crippen molar-refractivity contribution in [1.29, 1.82) is 0 Å². The van der Waals surface area contributed by atoms with Gasteiger partial charge in [0.2, 0.25) is 0 Å². The molecule has 1 unspecified atom stereocenters. The Morgan fingerprint density at radius 2 is 2.17 bits per heavy atom. The molecule has 2 rings (SSSR count).